The van der Waals surface area contributed by atoms with Crippen LogP contribution in [0.3, 0.4) is 0 Å². The van der Waals surface area contributed by atoms with Crippen LogP contribution in [0.4, 0.5) is 0 Å². The standard InChI is InChI=1S/C18H23NO/c1-18(2,15-7-5-4-6-8-15)16-9-11-17(12-10-16)20-14-13-19-3/h4-12,19H,13-14H2,1-3H3. The Hall–Kier alpha value is -1.80. The predicted molar refractivity (Wildman–Crippen MR) is 84.4 cm³/mol. The topological polar surface area (TPSA) is 21.3 Å². The van der Waals surface area contributed by atoms with Crippen molar-refractivity contribution in [2.24, 2.45) is 0 Å². The van der Waals surface area contributed by atoms with Crippen molar-refractivity contribution in [3.63, 3.8) is 0 Å². The minimum absolute atomic E-state index is 0.00473. The number of likely N-dealkylation sites (N-methyl/N-ethyl adjacent to an activating group) is 1. The molecule has 0 aliphatic rings. The molecule has 0 unspecified atom stereocenters. The van der Waals surface area contributed by atoms with E-state index in [1.54, 1.807) is 0 Å². The highest BCUT2D eigenvalue weighted by Crippen LogP contribution is 2.32. The van der Waals surface area contributed by atoms with E-state index in [0.717, 1.165) is 12.3 Å². The van der Waals surface area contributed by atoms with Gasteiger partial charge in [0.2, 0.25) is 0 Å². The zero-order chi connectivity index (χ0) is 14.4. The molecule has 106 valence electrons. The second-order valence-corrected chi connectivity index (χ2v) is 5.47. The molecule has 1 N–H and O–H groups in total. The lowest BCUT2D eigenvalue weighted by Gasteiger charge is -2.26. The third kappa shape index (κ3) is 3.40. The summed E-state index contributed by atoms with van der Waals surface area (Å²) in [5.74, 6) is 0.924. The van der Waals surface area contributed by atoms with E-state index in [-0.39, 0.29) is 5.41 Å². The Morgan fingerprint density at radius 3 is 2.10 bits per heavy atom. The summed E-state index contributed by atoms with van der Waals surface area (Å²) in [5, 5.41) is 3.07. The van der Waals surface area contributed by atoms with E-state index in [4.69, 9.17) is 4.74 Å². The minimum Gasteiger partial charge on any atom is -0.492 e. The average molecular weight is 269 g/mol. The first-order chi connectivity index (χ1) is 9.64. The quantitative estimate of drug-likeness (QED) is 0.809. The maximum Gasteiger partial charge on any atom is 0.119 e. The van der Waals surface area contributed by atoms with E-state index in [2.05, 4.69) is 73.8 Å². The summed E-state index contributed by atoms with van der Waals surface area (Å²) in [6, 6.07) is 19.0. The molecule has 0 radical (unpaired) electrons. The van der Waals surface area contributed by atoms with Gasteiger partial charge in [-0.05, 0) is 30.3 Å². The largest absolute Gasteiger partial charge is 0.492 e. The van der Waals surface area contributed by atoms with E-state index in [9.17, 15) is 0 Å². The van der Waals surface area contributed by atoms with Gasteiger partial charge in [-0.2, -0.15) is 0 Å². The van der Waals surface area contributed by atoms with Gasteiger partial charge in [0.25, 0.3) is 0 Å². The smallest absolute Gasteiger partial charge is 0.119 e. The Bertz CT molecular complexity index is 517. The van der Waals surface area contributed by atoms with Crippen LogP contribution in [0.1, 0.15) is 25.0 Å². The van der Waals surface area contributed by atoms with Crippen molar-refractivity contribution < 1.29 is 4.74 Å². The Morgan fingerprint density at radius 1 is 0.900 bits per heavy atom. The maximum absolute atomic E-state index is 5.66. The lowest BCUT2D eigenvalue weighted by atomic mass is 9.78. The van der Waals surface area contributed by atoms with Crippen molar-refractivity contribution >= 4 is 0 Å². The third-order valence-corrected chi connectivity index (χ3v) is 3.69. The van der Waals surface area contributed by atoms with Crippen molar-refractivity contribution in [1.82, 2.24) is 5.32 Å². The van der Waals surface area contributed by atoms with Crippen LogP contribution in [0.25, 0.3) is 0 Å². The molecule has 0 saturated heterocycles. The SMILES string of the molecule is CNCCOc1ccc(C(C)(C)c2ccccc2)cc1. The van der Waals surface area contributed by atoms with Gasteiger partial charge in [-0.25, -0.2) is 0 Å². The number of hydrogen-bond donors (Lipinski definition) is 1. The van der Waals surface area contributed by atoms with Gasteiger partial charge >= 0.3 is 0 Å². The fourth-order valence-corrected chi connectivity index (χ4v) is 2.26. The molecule has 2 rings (SSSR count). The van der Waals surface area contributed by atoms with Crippen LogP contribution >= 0.6 is 0 Å². The fourth-order valence-electron chi connectivity index (χ4n) is 2.26. The Labute approximate surface area is 121 Å². The molecule has 0 spiro atoms. The summed E-state index contributed by atoms with van der Waals surface area (Å²) in [6.45, 7) is 6.05. The van der Waals surface area contributed by atoms with Gasteiger partial charge in [0.15, 0.2) is 0 Å². The summed E-state index contributed by atoms with van der Waals surface area (Å²) in [4.78, 5) is 0. The molecule has 0 heterocycles. The van der Waals surface area contributed by atoms with Crippen LogP contribution in [0.5, 0.6) is 5.75 Å². The van der Waals surface area contributed by atoms with Crippen molar-refractivity contribution in [2.45, 2.75) is 19.3 Å². The summed E-state index contributed by atoms with van der Waals surface area (Å²) < 4.78 is 5.66. The van der Waals surface area contributed by atoms with Gasteiger partial charge in [-0.1, -0.05) is 56.3 Å². The Kier molecular flexibility index (Phi) is 4.80. The van der Waals surface area contributed by atoms with Crippen molar-refractivity contribution in [1.29, 1.82) is 0 Å². The summed E-state index contributed by atoms with van der Waals surface area (Å²) in [6.07, 6.45) is 0. The highest BCUT2D eigenvalue weighted by atomic mass is 16.5. The molecule has 20 heavy (non-hydrogen) atoms. The van der Waals surface area contributed by atoms with E-state index < -0.39 is 0 Å². The zero-order valence-electron chi connectivity index (χ0n) is 12.5. The average Bonchev–Trinajstić information content (AvgIpc) is 2.49. The second-order valence-electron chi connectivity index (χ2n) is 5.47. The van der Waals surface area contributed by atoms with Gasteiger partial charge < -0.3 is 10.1 Å². The molecule has 0 saturated carbocycles. The molecule has 2 aromatic rings. The van der Waals surface area contributed by atoms with Crippen LogP contribution < -0.4 is 10.1 Å². The molecule has 0 fully saturated rings. The normalized spacial score (nSPS) is 11.3. The maximum atomic E-state index is 5.66. The lowest BCUT2D eigenvalue weighted by molar-refractivity contribution is 0.318. The molecule has 0 aliphatic heterocycles. The zero-order valence-corrected chi connectivity index (χ0v) is 12.5. The van der Waals surface area contributed by atoms with Crippen molar-refractivity contribution in [2.75, 3.05) is 20.2 Å². The molecule has 0 amide bonds. The summed E-state index contributed by atoms with van der Waals surface area (Å²) >= 11 is 0. The number of benzene rings is 2. The number of nitrogens with one attached hydrogen (secondary N) is 1. The summed E-state index contributed by atoms with van der Waals surface area (Å²) in [7, 11) is 1.93. The molecule has 2 heteroatoms. The number of ether oxygens (including phenoxy) is 1. The first-order valence-corrected chi connectivity index (χ1v) is 7.08. The third-order valence-electron chi connectivity index (χ3n) is 3.69. The van der Waals surface area contributed by atoms with E-state index >= 15 is 0 Å². The van der Waals surface area contributed by atoms with Crippen LogP contribution in [0.15, 0.2) is 54.6 Å². The van der Waals surface area contributed by atoms with Crippen LogP contribution in [0.2, 0.25) is 0 Å². The van der Waals surface area contributed by atoms with Gasteiger partial charge in [-0.3, -0.25) is 0 Å². The van der Waals surface area contributed by atoms with E-state index in [0.29, 0.717) is 6.61 Å². The van der Waals surface area contributed by atoms with E-state index in [1.165, 1.54) is 11.1 Å². The molecule has 2 aromatic carbocycles. The molecule has 0 aliphatic carbocycles. The highest BCUT2D eigenvalue weighted by Gasteiger charge is 2.22. The van der Waals surface area contributed by atoms with Crippen molar-refractivity contribution in [3.05, 3.63) is 65.7 Å². The lowest BCUT2D eigenvalue weighted by Crippen LogP contribution is -2.19. The molecule has 2 nitrogen and oxygen atoms in total. The summed E-state index contributed by atoms with van der Waals surface area (Å²) in [5.41, 5.74) is 2.62. The van der Waals surface area contributed by atoms with Gasteiger partial charge in [0, 0.05) is 12.0 Å². The molecule has 0 atom stereocenters. The Morgan fingerprint density at radius 2 is 1.50 bits per heavy atom. The van der Waals surface area contributed by atoms with Crippen LogP contribution in [-0.4, -0.2) is 20.2 Å². The Balaban J connectivity index is 2.13. The first kappa shape index (κ1) is 14.6. The van der Waals surface area contributed by atoms with E-state index in [1.807, 2.05) is 7.05 Å². The molecule has 0 aromatic heterocycles. The van der Waals surface area contributed by atoms with Gasteiger partial charge in [-0.15, -0.1) is 0 Å². The van der Waals surface area contributed by atoms with Gasteiger partial charge in [0.05, 0.1) is 0 Å². The highest BCUT2D eigenvalue weighted by molar-refractivity contribution is 5.39. The number of hydrogen-bond acceptors (Lipinski definition) is 2. The van der Waals surface area contributed by atoms with Gasteiger partial charge in [0.1, 0.15) is 12.4 Å². The van der Waals surface area contributed by atoms with Crippen LogP contribution in [0, 0.1) is 0 Å². The molecular weight excluding hydrogens is 246 g/mol. The van der Waals surface area contributed by atoms with Crippen molar-refractivity contribution in [3.8, 4) is 5.75 Å². The first-order valence-electron chi connectivity index (χ1n) is 7.08. The molecular formula is C18H23NO. The fraction of sp³-hybridized carbons (Fsp3) is 0.333. The van der Waals surface area contributed by atoms with Crippen LogP contribution in [-0.2, 0) is 5.41 Å². The number of rotatable bonds is 6. The molecule has 0 bridgehead atoms. The second kappa shape index (κ2) is 6.58. The monoisotopic (exact) mass is 269 g/mol. The minimum atomic E-state index is 0.00473. The predicted octanol–water partition coefficient (Wildman–Crippen LogP) is 3.61.